The van der Waals surface area contributed by atoms with E-state index in [-0.39, 0.29) is 9.79 Å². The van der Waals surface area contributed by atoms with Crippen LogP contribution in [0.25, 0.3) is 0 Å². The third-order valence-corrected chi connectivity index (χ3v) is 8.88. The Balaban J connectivity index is 1.73. The highest BCUT2D eigenvalue weighted by molar-refractivity contribution is 7.92. The zero-order chi connectivity index (χ0) is 19.1. The molecule has 8 heteroatoms. The predicted octanol–water partition coefficient (Wildman–Crippen LogP) is 2.61. The van der Waals surface area contributed by atoms with Gasteiger partial charge in [0.05, 0.1) is 15.5 Å². The normalized spacial score (nSPS) is 18.4. The number of anilines is 1. The lowest BCUT2D eigenvalue weighted by molar-refractivity contribution is 0.477. The molecule has 6 nitrogen and oxygen atoms in total. The zero-order valence-corrected chi connectivity index (χ0v) is 16.5. The number of rotatable bonds is 4. The van der Waals surface area contributed by atoms with E-state index < -0.39 is 20.0 Å². The van der Waals surface area contributed by atoms with Gasteiger partial charge in [0.25, 0.3) is 10.0 Å². The second-order valence-corrected chi connectivity index (χ2v) is 10.7. The summed E-state index contributed by atoms with van der Waals surface area (Å²) >= 11 is 0. The topological polar surface area (TPSA) is 74.8 Å². The number of hydrogen-bond donors (Lipinski definition) is 0. The summed E-state index contributed by atoms with van der Waals surface area (Å²) in [5.41, 5.74) is 1.34. The minimum Gasteiger partial charge on any atom is -0.266 e. The molecule has 0 atom stereocenters. The maximum atomic E-state index is 13.0. The Kier molecular flexibility index (Phi) is 4.73. The molecule has 0 radical (unpaired) electrons. The first-order valence-electron chi connectivity index (χ1n) is 9.11. The first-order valence-corrected chi connectivity index (χ1v) is 12.0. The predicted molar refractivity (Wildman–Crippen MR) is 104 cm³/mol. The minimum atomic E-state index is -3.67. The van der Waals surface area contributed by atoms with Gasteiger partial charge in [0.2, 0.25) is 10.0 Å². The van der Waals surface area contributed by atoms with Crippen LogP contribution in [0.1, 0.15) is 24.8 Å². The van der Waals surface area contributed by atoms with Gasteiger partial charge >= 0.3 is 0 Å². The van der Waals surface area contributed by atoms with Crippen LogP contribution in [0.15, 0.2) is 58.3 Å². The summed E-state index contributed by atoms with van der Waals surface area (Å²) in [7, 11) is -7.18. The molecule has 2 aliphatic rings. The Labute approximate surface area is 160 Å². The molecule has 2 aromatic rings. The van der Waals surface area contributed by atoms with Gasteiger partial charge in [-0.05, 0) is 61.6 Å². The quantitative estimate of drug-likeness (QED) is 0.782. The van der Waals surface area contributed by atoms with Crippen molar-refractivity contribution in [3.8, 4) is 0 Å². The molecule has 144 valence electrons. The van der Waals surface area contributed by atoms with Gasteiger partial charge in [-0.3, -0.25) is 4.31 Å². The molecule has 0 amide bonds. The Morgan fingerprint density at radius 3 is 2.11 bits per heavy atom. The van der Waals surface area contributed by atoms with Gasteiger partial charge in [-0.25, -0.2) is 16.8 Å². The lowest BCUT2D eigenvalue weighted by Crippen LogP contribution is -2.35. The fourth-order valence-electron chi connectivity index (χ4n) is 3.75. The summed E-state index contributed by atoms with van der Waals surface area (Å²) in [4.78, 5) is 0.494. The van der Waals surface area contributed by atoms with Crippen molar-refractivity contribution in [2.45, 2.75) is 35.5 Å². The summed E-state index contributed by atoms with van der Waals surface area (Å²) in [6, 6.07) is 13.1. The summed E-state index contributed by atoms with van der Waals surface area (Å²) in [6.07, 6.45) is 3.09. The molecule has 0 saturated carbocycles. The van der Waals surface area contributed by atoms with Crippen LogP contribution < -0.4 is 4.31 Å². The molecule has 4 rings (SSSR count). The van der Waals surface area contributed by atoms with Crippen LogP contribution in [0.2, 0.25) is 0 Å². The molecule has 27 heavy (non-hydrogen) atoms. The Morgan fingerprint density at radius 1 is 0.704 bits per heavy atom. The summed E-state index contributed by atoms with van der Waals surface area (Å²) < 4.78 is 54.6. The Bertz CT molecular complexity index is 1040. The van der Waals surface area contributed by atoms with Crippen LogP contribution in [0, 0.1) is 0 Å². The number of aryl methyl sites for hydroxylation is 1. The molecular weight excluding hydrogens is 384 g/mol. The lowest BCUT2D eigenvalue weighted by atomic mass is 10.0. The van der Waals surface area contributed by atoms with E-state index in [1.807, 2.05) is 0 Å². The van der Waals surface area contributed by atoms with Crippen LogP contribution in [0.5, 0.6) is 0 Å². The van der Waals surface area contributed by atoms with Gasteiger partial charge in [-0.15, -0.1) is 0 Å². The number of fused-ring (bicyclic) bond motifs is 1. The van der Waals surface area contributed by atoms with E-state index in [2.05, 4.69) is 0 Å². The number of sulfonamides is 2. The number of nitrogens with zero attached hydrogens (tertiary/aromatic N) is 2. The minimum absolute atomic E-state index is 0.242. The van der Waals surface area contributed by atoms with E-state index in [0.717, 1.165) is 18.4 Å². The lowest BCUT2D eigenvalue weighted by Gasteiger charge is -2.31. The maximum Gasteiger partial charge on any atom is 0.264 e. The first-order chi connectivity index (χ1) is 12.9. The highest BCUT2D eigenvalue weighted by Gasteiger charge is 2.32. The van der Waals surface area contributed by atoms with E-state index in [0.29, 0.717) is 38.2 Å². The molecule has 2 aliphatic heterocycles. The number of hydrogen-bond acceptors (Lipinski definition) is 4. The maximum absolute atomic E-state index is 13.0. The van der Waals surface area contributed by atoms with Gasteiger partial charge in [0.15, 0.2) is 0 Å². The average molecular weight is 407 g/mol. The van der Waals surface area contributed by atoms with E-state index in [9.17, 15) is 16.8 Å². The monoisotopic (exact) mass is 406 g/mol. The smallest absolute Gasteiger partial charge is 0.264 e. The molecule has 1 fully saturated rings. The van der Waals surface area contributed by atoms with Crippen molar-refractivity contribution in [1.29, 1.82) is 0 Å². The molecule has 0 aromatic heterocycles. The van der Waals surface area contributed by atoms with Crippen molar-refractivity contribution in [1.82, 2.24) is 4.31 Å². The molecule has 0 aliphatic carbocycles. The van der Waals surface area contributed by atoms with Gasteiger partial charge in [-0.2, -0.15) is 4.31 Å². The van der Waals surface area contributed by atoms with Crippen LogP contribution in [-0.2, 0) is 26.5 Å². The van der Waals surface area contributed by atoms with Gasteiger partial charge in [0, 0.05) is 19.6 Å². The second kappa shape index (κ2) is 6.92. The molecule has 2 aromatic carbocycles. The fraction of sp³-hybridized carbons (Fsp3) is 0.368. The van der Waals surface area contributed by atoms with Crippen LogP contribution in [-0.4, -0.2) is 40.8 Å². The van der Waals surface area contributed by atoms with E-state index in [1.54, 1.807) is 42.5 Å². The highest BCUT2D eigenvalue weighted by atomic mass is 32.2. The summed E-state index contributed by atoms with van der Waals surface area (Å²) in [5.74, 6) is 0. The summed E-state index contributed by atoms with van der Waals surface area (Å²) in [6.45, 7) is 1.49. The standard InChI is InChI=1S/C19H22N2O4S2/c22-26(23,20-12-4-5-13-20)18-10-11-19-16(15-18)7-6-14-21(19)27(24,25)17-8-2-1-3-9-17/h1-3,8-11,15H,4-7,12-14H2. The van der Waals surface area contributed by atoms with Crippen molar-refractivity contribution < 1.29 is 16.8 Å². The van der Waals surface area contributed by atoms with Gasteiger partial charge < -0.3 is 0 Å². The molecule has 0 N–H and O–H groups in total. The molecule has 0 spiro atoms. The largest absolute Gasteiger partial charge is 0.266 e. The van der Waals surface area contributed by atoms with Crippen molar-refractivity contribution in [3.63, 3.8) is 0 Å². The fourth-order valence-corrected chi connectivity index (χ4v) is 6.88. The van der Waals surface area contributed by atoms with Crippen molar-refractivity contribution in [2.75, 3.05) is 23.9 Å². The van der Waals surface area contributed by atoms with E-state index in [1.165, 1.54) is 14.7 Å². The Morgan fingerprint density at radius 2 is 1.41 bits per heavy atom. The van der Waals surface area contributed by atoms with Crippen molar-refractivity contribution in [2.24, 2.45) is 0 Å². The molecular formula is C19H22N2O4S2. The SMILES string of the molecule is O=S(=O)(c1ccc2c(c1)CCCN2S(=O)(=O)c1ccccc1)N1CCCC1. The number of benzene rings is 2. The third kappa shape index (κ3) is 3.26. The highest BCUT2D eigenvalue weighted by Crippen LogP contribution is 2.34. The molecule has 1 saturated heterocycles. The van der Waals surface area contributed by atoms with Crippen molar-refractivity contribution >= 4 is 25.7 Å². The summed E-state index contributed by atoms with van der Waals surface area (Å²) in [5, 5.41) is 0. The Hall–Kier alpha value is -1.90. The van der Waals surface area contributed by atoms with Crippen LogP contribution in [0.4, 0.5) is 5.69 Å². The van der Waals surface area contributed by atoms with Gasteiger partial charge in [0.1, 0.15) is 0 Å². The first kappa shape index (κ1) is 18.5. The van der Waals surface area contributed by atoms with E-state index >= 15 is 0 Å². The second-order valence-electron chi connectivity index (χ2n) is 6.90. The molecule has 2 heterocycles. The van der Waals surface area contributed by atoms with E-state index in [4.69, 9.17) is 0 Å². The van der Waals surface area contributed by atoms with Crippen LogP contribution in [0.3, 0.4) is 0 Å². The molecule has 0 bridgehead atoms. The molecule has 0 unspecified atom stereocenters. The third-order valence-electron chi connectivity index (χ3n) is 5.16. The average Bonchev–Trinajstić information content (AvgIpc) is 3.23. The zero-order valence-electron chi connectivity index (χ0n) is 14.9. The van der Waals surface area contributed by atoms with Gasteiger partial charge in [-0.1, -0.05) is 18.2 Å². The van der Waals surface area contributed by atoms with Crippen molar-refractivity contribution in [3.05, 3.63) is 54.1 Å². The van der Waals surface area contributed by atoms with Crippen LogP contribution >= 0.6 is 0 Å².